The number of nitrogens with zero attached hydrogens (tertiary/aromatic N) is 1. The first kappa shape index (κ1) is 14.7. The summed E-state index contributed by atoms with van der Waals surface area (Å²) in [7, 11) is 0. The maximum Gasteiger partial charge on any atom is 0.0430 e. The summed E-state index contributed by atoms with van der Waals surface area (Å²) in [5.41, 5.74) is 0.351. The van der Waals surface area contributed by atoms with Crippen LogP contribution in [0.25, 0.3) is 0 Å². The Labute approximate surface area is 107 Å². The molecule has 100 valence electrons. The van der Waals surface area contributed by atoms with Gasteiger partial charge in [0, 0.05) is 19.1 Å². The minimum absolute atomic E-state index is 0.351. The number of hydrogen-bond donors (Lipinski definition) is 1. The van der Waals surface area contributed by atoms with Crippen molar-refractivity contribution in [2.45, 2.75) is 65.8 Å². The van der Waals surface area contributed by atoms with Crippen molar-refractivity contribution in [3.05, 3.63) is 0 Å². The third-order valence-corrected chi connectivity index (χ3v) is 3.60. The largest absolute Gasteiger partial charge is 0.314 e. The molecule has 1 rings (SSSR count). The maximum atomic E-state index is 4.61. The molecule has 1 unspecified atom stereocenters. The molecule has 1 aliphatic rings. The molecule has 1 saturated carbocycles. The highest BCUT2D eigenvalue weighted by atomic mass is 15.0. The van der Waals surface area contributed by atoms with Gasteiger partial charge in [-0.3, -0.25) is 4.99 Å². The summed E-state index contributed by atoms with van der Waals surface area (Å²) >= 11 is 0. The van der Waals surface area contributed by atoms with Gasteiger partial charge >= 0.3 is 0 Å². The lowest BCUT2D eigenvalue weighted by Crippen LogP contribution is -2.34. The first-order valence-corrected chi connectivity index (χ1v) is 7.25. The Bertz CT molecular complexity index is 224. The SMILES string of the molecule is CCCCC=NCC(CNC1CC1)C(C)(C)C. The standard InChI is InChI=1S/C15H30N2/c1-5-6-7-10-16-11-13(15(2,3)4)12-17-14-8-9-14/h10,13-14,17H,5-9,11-12H2,1-4H3. The molecule has 0 aromatic heterocycles. The van der Waals surface area contributed by atoms with E-state index in [1.807, 2.05) is 0 Å². The van der Waals surface area contributed by atoms with Gasteiger partial charge in [-0.05, 0) is 43.2 Å². The first-order valence-electron chi connectivity index (χ1n) is 7.25. The van der Waals surface area contributed by atoms with Crippen molar-refractivity contribution in [2.75, 3.05) is 13.1 Å². The van der Waals surface area contributed by atoms with Crippen molar-refractivity contribution >= 4 is 6.21 Å². The second-order valence-corrected chi connectivity index (χ2v) is 6.44. The van der Waals surface area contributed by atoms with Crippen molar-refractivity contribution in [2.24, 2.45) is 16.3 Å². The molecule has 0 aromatic carbocycles. The molecule has 0 spiro atoms. The Balaban J connectivity index is 2.26. The third kappa shape index (κ3) is 6.82. The highest BCUT2D eigenvalue weighted by molar-refractivity contribution is 5.56. The zero-order valence-electron chi connectivity index (χ0n) is 12.1. The molecule has 0 aliphatic heterocycles. The quantitative estimate of drug-likeness (QED) is 0.506. The molecule has 0 heterocycles. The minimum atomic E-state index is 0.351. The third-order valence-electron chi connectivity index (χ3n) is 3.60. The van der Waals surface area contributed by atoms with Crippen molar-refractivity contribution < 1.29 is 0 Å². The molecule has 1 atom stereocenters. The lowest BCUT2D eigenvalue weighted by Gasteiger charge is -2.29. The van der Waals surface area contributed by atoms with Crippen LogP contribution in [0.1, 0.15) is 59.8 Å². The lowest BCUT2D eigenvalue weighted by atomic mass is 9.80. The summed E-state index contributed by atoms with van der Waals surface area (Å²) in [6.07, 6.45) is 8.54. The van der Waals surface area contributed by atoms with Crippen molar-refractivity contribution in [1.29, 1.82) is 0 Å². The van der Waals surface area contributed by atoms with E-state index in [4.69, 9.17) is 0 Å². The van der Waals surface area contributed by atoms with Crippen LogP contribution in [0.4, 0.5) is 0 Å². The predicted octanol–water partition coefficient (Wildman–Crippen LogP) is 3.66. The molecular formula is C15H30N2. The Hall–Kier alpha value is -0.370. The molecule has 1 fully saturated rings. The van der Waals surface area contributed by atoms with Gasteiger partial charge in [-0.1, -0.05) is 34.1 Å². The topological polar surface area (TPSA) is 24.4 Å². The Morgan fingerprint density at radius 3 is 2.59 bits per heavy atom. The lowest BCUT2D eigenvalue weighted by molar-refractivity contribution is 0.239. The average molecular weight is 238 g/mol. The average Bonchev–Trinajstić information content (AvgIpc) is 3.04. The molecule has 0 radical (unpaired) electrons. The smallest absolute Gasteiger partial charge is 0.0430 e. The van der Waals surface area contributed by atoms with Crippen LogP contribution in [0, 0.1) is 11.3 Å². The van der Waals surface area contributed by atoms with E-state index in [0.29, 0.717) is 11.3 Å². The molecule has 0 aromatic rings. The van der Waals surface area contributed by atoms with Crippen LogP contribution in [0.3, 0.4) is 0 Å². The number of nitrogens with one attached hydrogen (secondary N) is 1. The fourth-order valence-electron chi connectivity index (χ4n) is 1.83. The molecule has 2 heteroatoms. The summed E-state index contributed by atoms with van der Waals surface area (Å²) < 4.78 is 0. The fourth-order valence-corrected chi connectivity index (χ4v) is 1.83. The molecule has 17 heavy (non-hydrogen) atoms. The highest BCUT2D eigenvalue weighted by Crippen LogP contribution is 2.27. The van der Waals surface area contributed by atoms with E-state index in [1.54, 1.807) is 0 Å². The Morgan fingerprint density at radius 2 is 2.06 bits per heavy atom. The first-order chi connectivity index (χ1) is 8.04. The molecule has 1 aliphatic carbocycles. The number of unbranched alkanes of at least 4 members (excludes halogenated alkanes) is 2. The predicted molar refractivity (Wildman–Crippen MR) is 76.9 cm³/mol. The van der Waals surface area contributed by atoms with E-state index < -0.39 is 0 Å². The van der Waals surface area contributed by atoms with Gasteiger partial charge < -0.3 is 5.32 Å². The van der Waals surface area contributed by atoms with Gasteiger partial charge in [0.2, 0.25) is 0 Å². The van der Waals surface area contributed by atoms with E-state index in [0.717, 1.165) is 25.6 Å². The summed E-state index contributed by atoms with van der Waals surface area (Å²) in [6, 6.07) is 0.809. The molecule has 1 N–H and O–H groups in total. The van der Waals surface area contributed by atoms with E-state index in [2.05, 4.69) is 44.2 Å². The van der Waals surface area contributed by atoms with E-state index in [1.165, 1.54) is 25.7 Å². The zero-order valence-corrected chi connectivity index (χ0v) is 12.1. The zero-order chi connectivity index (χ0) is 12.7. The van der Waals surface area contributed by atoms with Crippen molar-refractivity contribution in [1.82, 2.24) is 5.32 Å². The van der Waals surface area contributed by atoms with E-state index >= 15 is 0 Å². The molecule has 0 amide bonds. The number of hydrogen-bond acceptors (Lipinski definition) is 2. The van der Waals surface area contributed by atoms with Crippen LogP contribution in [-0.4, -0.2) is 25.3 Å². The Kier molecular flexibility index (Phi) is 6.18. The van der Waals surface area contributed by atoms with Crippen LogP contribution >= 0.6 is 0 Å². The fraction of sp³-hybridized carbons (Fsp3) is 0.933. The normalized spacial score (nSPS) is 18.8. The Morgan fingerprint density at radius 1 is 1.35 bits per heavy atom. The van der Waals surface area contributed by atoms with Gasteiger partial charge in [0.05, 0.1) is 0 Å². The molecule has 0 bridgehead atoms. The van der Waals surface area contributed by atoms with Gasteiger partial charge in [0.1, 0.15) is 0 Å². The van der Waals surface area contributed by atoms with Crippen molar-refractivity contribution in [3.8, 4) is 0 Å². The summed E-state index contributed by atoms with van der Waals surface area (Å²) in [4.78, 5) is 4.61. The van der Waals surface area contributed by atoms with Crippen LogP contribution in [0.5, 0.6) is 0 Å². The summed E-state index contributed by atoms with van der Waals surface area (Å²) in [5, 5.41) is 3.64. The van der Waals surface area contributed by atoms with Crippen molar-refractivity contribution in [3.63, 3.8) is 0 Å². The van der Waals surface area contributed by atoms with Gasteiger partial charge in [0.15, 0.2) is 0 Å². The van der Waals surface area contributed by atoms with E-state index in [-0.39, 0.29) is 0 Å². The second-order valence-electron chi connectivity index (χ2n) is 6.44. The van der Waals surface area contributed by atoms with Crippen LogP contribution in [0.15, 0.2) is 4.99 Å². The second kappa shape index (κ2) is 7.15. The molecule has 0 saturated heterocycles. The van der Waals surface area contributed by atoms with Gasteiger partial charge in [-0.15, -0.1) is 0 Å². The monoisotopic (exact) mass is 238 g/mol. The van der Waals surface area contributed by atoms with E-state index in [9.17, 15) is 0 Å². The maximum absolute atomic E-state index is 4.61. The van der Waals surface area contributed by atoms with Crippen LogP contribution in [-0.2, 0) is 0 Å². The highest BCUT2D eigenvalue weighted by Gasteiger charge is 2.27. The molecule has 2 nitrogen and oxygen atoms in total. The van der Waals surface area contributed by atoms with Crippen LogP contribution < -0.4 is 5.32 Å². The number of aliphatic imine (C=N–C) groups is 1. The number of rotatable bonds is 8. The van der Waals surface area contributed by atoms with Gasteiger partial charge in [0.25, 0.3) is 0 Å². The van der Waals surface area contributed by atoms with Gasteiger partial charge in [-0.25, -0.2) is 0 Å². The van der Waals surface area contributed by atoms with Crippen LogP contribution in [0.2, 0.25) is 0 Å². The summed E-state index contributed by atoms with van der Waals surface area (Å²) in [6.45, 7) is 11.3. The molecular weight excluding hydrogens is 208 g/mol. The van der Waals surface area contributed by atoms with Gasteiger partial charge in [-0.2, -0.15) is 0 Å². The minimum Gasteiger partial charge on any atom is -0.314 e. The summed E-state index contributed by atoms with van der Waals surface area (Å²) in [5.74, 6) is 0.654.